The van der Waals surface area contributed by atoms with Crippen molar-refractivity contribution >= 4 is 17.7 Å². The van der Waals surface area contributed by atoms with Crippen molar-refractivity contribution in [3.63, 3.8) is 0 Å². The van der Waals surface area contributed by atoms with Crippen LogP contribution in [0.2, 0.25) is 0 Å². The Morgan fingerprint density at radius 3 is 2.52 bits per heavy atom. The minimum Gasteiger partial charge on any atom is -0.481 e. The van der Waals surface area contributed by atoms with Gasteiger partial charge in [-0.1, -0.05) is 42.5 Å². The average Bonchev–Trinajstić information content (AvgIpc) is 3.20. The number of nitrogens with zero attached hydrogens (tertiary/aromatic N) is 4. The van der Waals surface area contributed by atoms with Crippen LogP contribution in [-0.2, 0) is 17.8 Å². The maximum Gasteiger partial charge on any atom is 0.319 e. The minimum atomic E-state index is -0.875. The van der Waals surface area contributed by atoms with Crippen molar-refractivity contribution in [1.82, 2.24) is 25.5 Å². The molecule has 0 saturated heterocycles. The number of tetrazole rings is 1. The van der Waals surface area contributed by atoms with E-state index in [0.29, 0.717) is 31.0 Å². The van der Waals surface area contributed by atoms with Gasteiger partial charge < -0.3 is 15.7 Å². The van der Waals surface area contributed by atoms with E-state index in [1.807, 2.05) is 54.6 Å². The standard InChI is InChI=1S/C20H22N6O3/c27-18(28)7-4-13-21-20(29)22-17-10-8-15(9-11-17)12-14-26-24-19(23-25-26)16-5-2-1-3-6-16/h1-3,5-6,8-11H,4,7,12-14H2,(H,27,28)(H2,21,22,29). The van der Waals surface area contributed by atoms with E-state index in [1.165, 1.54) is 0 Å². The monoisotopic (exact) mass is 394 g/mol. The number of rotatable bonds is 9. The van der Waals surface area contributed by atoms with Gasteiger partial charge in [0.05, 0.1) is 6.54 Å². The molecule has 3 N–H and O–H groups in total. The summed E-state index contributed by atoms with van der Waals surface area (Å²) in [4.78, 5) is 23.8. The quantitative estimate of drug-likeness (QED) is 0.480. The molecule has 0 spiro atoms. The highest BCUT2D eigenvalue weighted by Crippen LogP contribution is 2.13. The van der Waals surface area contributed by atoms with E-state index in [1.54, 1.807) is 4.80 Å². The fraction of sp³-hybridized carbons (Fsp3) is 0.250. The van der Waals surface area contributed by atoms with Crippen molar-refractivity contribution in [1.29, 1.82) is 0 Å². The number of anilines is 1. The lowest BCUT2D eigenvalue weighted by Gasteiger charge is -2.08. The van der Waals surface area contributed by atoms with Crippen molar-refractivity contribution in [2.45, 2.75) is 25.8 Å². The van der Waals surface area contributed by atoms with Crippen molar-refractivity contribution in [2.75, 3.05) is 11.9 Å². The predicted molar refractivity (Wildman–Crippen MR) is 107 cm³/mol. The largest absolute Gasteiger partial charge is 0.481 e. The van der Waals surface area contributed by atoms with Gasteiger partial charge >= 0.3 is 12.0 Å². The van der Waals surface area contributed by atoms with Gasteiger partial charge in [-0.05, 0) is 35.8 Å². The van der Waals surface area contributed by atoms with Crippen molar-refractivity contribution in [2.24, 2.45) is 0 Å². The second-order valence-corrected chi connectivity index (χ2v) is 6.40. The summed E-state index contributed by atoms with van der Waals surface area (Å²) in [6.45, 7) is 0.906. The van der Waals surface area contributed by atoms with Gasteiger partial charge in [0.15, 0.2) is 0 Å². The summed E-state index contributed by atoms with van der Waals surface area (Å²) in [5.74, 6) is -0.278. The number of carbonyl (C=O) groups excluding carboxylic acids is 1. The molecule has 3 aromatic rings. The molecule has 0 aliphatic heterocycles. The molecule has 0 fully saturated rings. The summed E-state index contributed by atoms with van der Waals surface area (Å²) >= 11 is 0. The van der Waals surface area contributed by atoms with Gasteiger partial charge in [-0.25, -0.2) is 4.79 Å². The molecular formula is C20H22N6O3. The lowest BCUT2D eigenvalue weighted by Crippen LogP contribution is -2.29. The van der Waals surface area contributed by atoms with E-state index in [0.717, 1.165) is 17.5 Å². The summed E-state index contributed by atoms with van der Waals surface area (Å²) in [5, 5.41) is 26.5. The van der Waals surface area contributed by atoms with E-state index >= 15 is 0 Å². The second-order valence-electron chi connectivity index (χ2n) is 6.40. The predicted octanol–water partition coefficient (Wildman–Crippen LogP) is 2.57. The Balaban J connectivity index is 1.44. The molecule has 9 nitrogen and oxygen atoms in total. The number of aliphatic carboxylic acids is 1. The van der Waals surface area contributed by atoms with Gasteiger partial charge in [0.1, 0.15) is 0 Å². The number of hydrogen-bond donors (Lipinski definition) is 3. The maximum atomic E-state index is 11.8. The number of aryl methyl sites for hydroxylation is 2. The molecule has 0 radical (unpaired) electrons. The highest BCUT2D eigenvalue weighted by Gasteiger charge is 2.06. The number of carbonyl (C=O) groups is 2. The van der Waals surface area contributed by atoms with Gasteiger partial charge in [0.2, 0.25) is 5.82 Å². The Kier molecular flexibility index (Phi) is 6.88. The summed E-state index contributed by atoms with van der Waals surface area (Å²) in [5.41, 5.74) is 2.67. The van der Waals surface area contributed by atoms with Gasteiger partial charge in [0.25, 0.3) is 0 Å². The second kappa shape index (κ2) is 9.98. The molecule has 3 rings (SSSR count). The number of aromatic nitrogens is 4. The number of amides is 2. The highest BCUT2D eigenvalue weighted by molar-refractivity contribution is 5.89. The Labute approximate surface area is 167 Å². The van der Waals surface area contributed by atoms with Gasteiger partial charge in [-0.2, -0.15) is 4.80 Å². The van der Waals surface area contributed by atoms with Crippen molar-refractivity contribution in [3.8, 4) is 11.4 Å². The van der Waals surface area contributed by atoms with E-state index in [2.05, 4.69) is 26.0 Å². The highest BCUT2D eigenvalue weighted by atomic mass is 16.4. The molecule has 1 aromatic heterocycles. The number of nitrogens with one attached hydrogen (secondary N) is 2. The first-order valence-electron chi connectivity index (χ1n) is 9.29. The molecular weight excluding hydrogens is 372 g/mol. The summed E-state index contributed by atoms with van der Waals surface area (Å²) < 4.78 is 0. The number of carboxylic acids is 1. The SMILES string of the molecule is O=C(O)CCCNC(=O)Nc1ccc(CCn2nnc(-c3ccccc3)n2)cc1. The van der Waals surface area contributed by atoms with Crippen molar-refractivity contribution in [3.05, 3.63) is 60.2 Å². The summed E-state index contributed by atoms with van der Waals surface area (Å²) in [6.07, 6.45) is 1.15. The number of urea groups is 1. The van der Waals surface area contributed by atoms with Crippen LogP contribution in [0.25, 0.3) is 11.4 Å². The molecule has 9 heteroatoms. The van der Waals surface area contributed by atoms with Crippen LogP contribution in [0.15, 0.2) is 54.6 Å². The van der Waals surface area contributed by atoms with E-state index < -0.39 is 5.97 Å². The topological polar surface area (TPSA) is 122 Å². The molecule has 29 heavy (non-hydrogen) atoms. The first-order valence-corrected chi connectivity index (χ1v) is 9.29. The van der Waals surface area contributed by atoms with Gasteiger partial charge in [0, 0.05) is 24.2 Å². The Morgan fingerprint density at radius 1 is 1.03 bits per heavy atom. The molecule has 2 aromatic carbocycles. The maximum absolute atomic E-state index is 11.8. The Bertz CT molecular complexity index is 940. The van der Waals surface area contributed by atoms with Gasteiger partial charge in [-0.15, -0.1) is 10.2 Å². The third kappa shape index (κ3) is 6.42. The Morgan fingerprint density at radius 2 is 1.79 bits per heavy atom. The number of benzene rings is 2. The fourth-order valence-corrected chi connectivity index (χ4v) is 2.64. The van der Waals surface area contributed by atoms with Gasteiger partial charge in [-0.3, -0.25) is 4.79 Å². The molecule has 2 amide bonds. The molecule has 0 aliphatic carbocycles. The molecule has 0 atom stereocenters. The molecule has 0 aliphatic rings. The zero-order chi connectivity index (χ0) is 20.5. The zero-order valence-corrected chi connectivity index (χ0v) is 15.8. The molecule has 0 saturated carbocycles. The summed E-state index contributed by atoms with van der Waals surface area (Å²) in [7, 11) is 0. The third-order valence-electron chi connectivity index (χ3n) is 4.15. The lowest BCUT2D eigenvalue weighted by atomic mass is 10.1. The fourth-order valence-electron chi connectivity index (χ4n) is 2.64. The first-order chi connectivity index (χ1) is 14.1. The summed E-state index contributed by atoms with van der Waals surface area (Å²) in [6, 6.07) is 16.8. The van der Waals surface area contributed by atoms with Crippen LogP contribution in [0, 0.1) is 0 Å². The Hall–Kier alpha value is -3.75. The van der Waals surface area contributed by atoms with Crippen LogP contribution in [0.5, 0.6) is 0 Å². The van der Waals surface area contributed by atoms with Crippen LogP contribution >= 0.6 is 0 Å². The molecule has 150 valence electrons. The molecule has 1 heterocycles. The van der Waals surface area contributed by atoms with Crippen LogP contribution in [-0.4, -0.2) is 43.9 Å². The normalized spacial score (nSPS) is 10.5. The first kappa shape index (κ1) is 20.0. The zero-order valence-electron chi connectivity index (χ0n) is 15.8. The molecule has 0 unspecified atom stereocenters. The smallest absolute Gasteiger partial charge is 0.319 e. The van der Waals surface area contributed by atoms with Crippen LogP contribution in [0.3, 0.4) is 0 Å². The minimum absolute atomic E-state index is 0.0302. The van der Waals surface area contributed by atoms with Crippen LogP contribution in [0.4, 0.5) is 10.5 Å². The van der Waals surface area contributed by atoms with Crippen LogP contribution < -0.4 is 10.6 Å². The average molecular weight is 394 g/mol. The van der Waals surface area contributed by atoms with E-state index in [-0.39, 0.29) is 12.5 Å². The lowest BCUT2D eigenvalue weighted by molar-refractivity contribution is -0.137. The number of hydrogen-bond acceptors (Lipinski definition) is 5. The van der Waals surface area contributed by atoms with E-state index in [9.17, 15) is 9.59 Å². The van der Waals surface area contributed by atoms with Crippen LogP contribution in [0.1, 0.15) is 18.4 Å². The molecule has 0 bridgehead atoms. The van der Waals surface area contributed by atoms with Crippen molar-refractivity contribution < 1.29 is 14.7 Å². The number of carboxylic acid groups (broad SMARTS) is 1. The van der Waals surface area contributed by atoms with E-state index in [4.69, 9.17) is 5.11 Å². The third-order valence-corrected chi connectivity index (χ3v) is 4.15.